The number of likely N-dealkylation sites (tertiary alicyclic amines) is 1. The zero-order chi connectivity index (χ0) is 10.1. The summed E-state index contributed by atoms with van der Waals surface area (Å²) in [6, 6.07) is 0. The van der Waals surface area contributed by atoms with Gasteiger partial charge >= 0.3 is 0 Å². The Balaban J connectivity index is 0.000000671. The van der Waals surface area contributed by atoms with Crippen molar-refractivity contribution in [2.75, 3.05) is 19.6 Å². The van der Waals surface area contributed by atoms with Gasteiger partial charge in [0.25, 0.3) is 0 Å². The topological polar surface area (TPSA) is 3.24 Å². The van der Waals surface area contributed by atoms with E-state index in [2.05, 4.69) is 18.7 Å². The molecule has 1 fully saturated rings. The van der Waals surface area contributed by atoms with Crippen molar-refractivity contribution in [3.05, 3.63) is 0 Å². The first-order valence-electron chi connectivity index (χ1n) is 6.05. The second-order valence-corrected chi connectivity index (χ2v) is 3.90. The fraction of sp³-hybridized carbons (Fsp3) is 1.00. The van der Waals surface area contributed by atoms with Gasteiger partial charge in [-0.05, 0) is 31.8 Å². The predicted molar refractivity (Wildman–Crippen MR) is 61.1 cm³/mol. The molecule has 1 atom stereocenters. The standard InChI is InChI=1S/C10H21N.C2H6/c1-3-4-5-7-11-8-6-10(2)9-11;1-2/h10H,3-9H2,1-2H3;1-2H3. The Labute approximate surface area is 84.5 Å². The molecular weight excluding hydrogens is 158 g/mol. The minimum atomic E-state index is 0.955. The lowest BCUT2D eigenvalue weighted by atomic mass is 10.2. The normalized spacial score (nSPS) is 22.6. The van der Waals surface area contributed by atoms with E-state index in [9.17, 15) is 0 Å². The summed E-state index contributed by atoms with van der Waals surface area (Å²) < 4.78 is 0. The van der Waals surface area contributed by atoms with E-state index in [0.717, 1.165) is 5.92 Å². The molecule has 80 valence electrons. The number of rotatable bonds is 4. The van der Waals surface area contributed by atoms with E-state index in [1.165, 1.54) is 45.3 Å². The highest BCUT2D eigenvalue weighted by atomic mass is 15.1. The third-order valence-corrected chi connectivity index (χ3v) is 2.59. The average molecular weight is 185 g/mol. The fourth-order valence-corrected chi connectivity index (χ4v) is 1.81. The zero-order valence-corrected chi connectivity index (χ0v) is 9.97. The van der Waals surface area contributed by atoms with Gasteiger partial charge in [0.2, 0.25) is 0 Å². The van der Waals surface area contributed by atoms with Gasteiger partial charge in [-0.15, -0.1) is 0 Å². The molecule has 1 saturated heterocycles. The number of nitrogens with zero attached hydrogens (tertiary/aromatic N) is 1. The van der Waals surface area contributed by atoms with Crippen LogP contribution in [0.15, 0.2) is 0 Å². The molecule has 1 heterocycles. The van der Waals surface area contributed by atoms with Crippen LogP contribution in [0.3, 0.4) is 0 Å². The van der Waals surface area contributed by atoms with Gasteiger partial charge in [-0.3, -0.25) is 0 Å². The maximum absolute atomic E-state index is 2.61. The van der Waals surface area contributed by atoms with Crippen molar-refractivity contribution in [3.8, 4) is 0 Å². The number of unbranched alkanes of at least 4 members (excludes halogenated alkanes) is 2. The van der Waals surface area contributed by atoms with Crippen molar-refractivity contribution in [2.45, 2.75) is 53.4 Å². The Bertz CT molecular complexity index is 101. The van der Waals surface area contributed by atoms with Crippen LogP contribution in [-0.2, 0) is 0 Å². The Morgan fingerprint density at radius 3 is 2.38 bits per heavy atom. The van der Waals surface area contributed by atoms with Gasteiger partial charge in [-0.1, -0.05) is 40.5 Å². The lowest BCUT2D eigenvalue weighted by molar-refractivity contribution is 0.319. The molecule has 0 N–H and O–H groups in total. The molecule has 1 unspecified atom stereocenters. The van der Waals surface area contributed by atoms with E-state index in [1.807, 2.05) is 13.8 Å². The highest BCUT2D eigenvalue weighted by Crippen LogP contribution is 2.15. The predicted octanol–water partition coefficient (Wildman–Crippen LogP) is 3.54. The van der Waals surface area contributed by atoms with Crippen LogP contribution in [0, 0.1) is 5.92 Å². The first-order valence-corrected chi connectivity index (χ1v) is 6.05. The lowest BCUT2D eigenvalue weighted by Gasteiger charge is -2.14. The molecule has 1 nitrogen and oxygen atoms in total. The second kappa shape index (κ2) is 8.55. The van der Waals surface area contributed by atoms with E-state index in [0.29, 0.717) is 0 Å². The summed E-state index contributed by atoms with van der Waals surface area (Å²) in [4.78, 5) is 2.61. The van der Waals surface area contributed by atoms with Crippen molar-refractivity contribution < 1.29 is 0 Å². The highest BCUT2D eigenvalue weighted by Gasteiger charge is 2.16. The molecule has 0 aromatic rings. The lowest BCUT2D eigenvalue weighted by Crippen LogP contribution is -2.21. The van der Waals surface area contributed by atoms with E-state index < -0.39 is 0 Å². The number of hydrogen-bond donors (Lipinski definition) is 0. The summed E-state index contributed by atoms with van der Waals surface area (Å²) in [5, 5.41) is 0. The van der Waals surface area contributed by atoms with Crippen LogP contribution in [0.2, 0.25) is 0 Å². The van der Waals surface area contributed by atoms with Gasteiger partial charge in [0.1, 0.15) is 0 Å². The maximum atomic E-state index is 2.61. The monoisotopic (exact) mass is 185 g/mol. The molecule has 0 aromatic carbocycles. The molecule has 0 aromatic heterocycles. The quantitative estimate of drug-likeness (QED) is 0.605. The van der Waals surface area contributed by atoms with Crippen LogP contribution in [0.25, 0.3) is 0 Å². The van der Waals surface area contributed by atoms with Gasteiger partial charge in [-0.25, -0.2) is 0 Å². The second-order valence-electron chi connectivity index (χ2n) is 3.90. The summed E-state index contributed by atoms with van der Waals surface area (Å²) in [6.45, 7) is 12.7. The largest absolute Gasteiger partial charge is 0.303 e. The van der Waals surface area contributed by atoms with Gasteiger partial charge in [0.05, 0.1) is 0 Å². The molecule has 0 radical (unpaired) electrons. The van der Waals surface area contributed by atoms with E-state index in [-0.39, 0.29) is 0 Å². The summed E-state index contributed by atoms with van der Waals surface area (Å²) in [6.07, 6.45) is 5.59. The third-order valence-electron chi connectivity index (χ3n) is 2.59. The molecule has 0 bridgehead atoms. The number of hydrogen-bond acceptors (Lipinski definition) is 1. The Morgan fingerprint density at radius 2 is 1.92 bits per heavy atom. The summed E-state index contributed by atoms with van der Waals surface area (Å²) in [5.74, 6) is 0.955. The summed E-state index contributed by atoms with van der Waals surface area (Å²) >= 11 is 0. The first kappa shape index (κ1) is 13.0. The fourth-order valence-electron chi connectivity index (χ4n) is 1.81. The molecule has 1 aliphatic rings. The third kappa shape index (κ3) is 6.09. The van der Waals surface area contributed by atoms with Crippen LogP contribution in [0.5, 0.6) is 0 Å². The van der Waals surface area contributed by atoms with Gasteiger partial charge in [0.15, 0.2) is 0 Å². The van der Waals surface area contributed by atoms with Crippen molar-refractivity contribution >= 4 is 0 Å². The van der Waals surface area contributed by atoms with Crippen molar-refractivity contribution in [1.82, 2.24) is 4.90 Å². The van der Waals surface area contributed by atoms with Crippen molar-refractivity contribution in [3.63, 3.8) is 0 Å². The SMILES string of the molecule is CC.CCCCCN1CCC(C)C1. The van der Waals surface area contributed by atoms with Crippen LogP contribution in [-0.4, -0.2) is 24.5 Å². The Hall–Kier alpha value is -0.0400. The van der Waals surface area contributed by atoms with Crippen LogP contribution < -0.4 is 0 Å². The van der Waals surface area contributed by atoms with Gasteiger partial charge < -0.3 is 4.90 Å². The summed E-state index contributed by atoms with van der Waals surface area (Å²) in [5.41, 5.74) is 0. The molecule has 13 heavy (non-hydrogen) atoms. The highest BCUT2D eigenvalue weighted by molar-refractivity contribution is 4.71. The molecule has 1 rings (SSSR count). The van der Waals surface area contributed by atoms with Gasteiger partial charge in [-0.2, -0.15) is 0 Å². The van der Waals surface area contributed by atoms with Crippen LogP contribution in [0.1, 0.15) is 53.4 Å². The molecule has 0 spiro atoms. The Kier molecular flexibility index (Phi) is 8.53. The zero-order valence-electron chi connectivity index (χ0n) is 9.97. The molecular formula is C12H27N. The first-order chi connectivity index (χ1) is 6.33. The van der Waals surface area contributed by atoms with Crippen molar-refractivity contribution in [2.24, 2.45) is 5.92 Å². The molecule has 0 aliphatic carbocycles. The van der Waals surface area contributed by atoms with E-state index in [1.54, 1.807) is 0 Å². The maximum Gasteiger partial charge on any atom is 0.000750 e. The van der Waals surface area contributed by atoms with E-state index in [4.69, 9.17) is 0 Å². The molecule has 0 amide bonds. The van der Waals surface area contributed by atoms with E-state index >= 15 is 0 Å². The van der Waals surface area contributed by atoms with Crippen molar-refractivity contribution in [1.29, 1.82) is 0 Å². The average Bonchev–Trinajstić information content (AvgIpc) is 2.56. The Morgan fingerprint density at radius 1 is 1.23 bits per heavy atom. The minimum absolute atomic E-state index is 0.955. The van der Waals surface area contributed by atoms with Crippen LogP contribution >= 0.6 is 0 Å². The molecule has 1 heteroatoms. The van der Waals surface area contributed by atoms with Crippen LogP contribution in [0.4, 0.5) is 0 Å². The smallest absolute Gasteiger partial charge is 0.000750 e. The van der Waals surface area contributed by atoms with Gasteiger partial charge in [0, 0.05) is 6.54 Å². The summed E-state index contributed by atoms with van der Waals surface area (Å²) in [7, 11) is 0. The minimum Gasteiger partial charge on any atom is -0.303 e. The molecule has 1 aliphatic heterocycles. The molecule has 0 saturated carbocycles.